The van der Waals surface area contributed by atoms with Crippen molar-refractivity contribution in [1.82, 2.24) is 29.9 Å². The summed E-state index contributed by atoms with van der Waals surface area (Å²) >= 11 is 0. The zero-order chi connectivity index (χ0) is 34.2. The van der Waals surface area contributed by atoms with Gasteiger partial charge in [0.2, 0.25) is 11.9 Å². The first-order chi connectivity index (χ1) is 23.1. The van der Waals surface area contributed by atoms with Gasteiger partial charge in [0, 0.05) is 60.9 Å². The Hall–Kier alpha value is -6.26. The van der Waals surface area contributed by atoms with Crippen LogP contribution >= 0.6 is 0 Å². The average molecular weight is 683 g/mol. The van der Waals surface area contributed by atoms with E-state index in [1.165, 1.54) is 73.3 Å². The minimum absolute atomic E-state index is 0.0318. The second-order valence-electron chi connectivity index (χ2n) is 9.39. The molecule has 2 aromatic carbocycles. The standard InChI is InChI=1S/C12H10N2.2C10H10N4O2S/c1(11-3-7-13-8-4-11)2-12-5-9-14-10-6-12;2*11-8-2-4-9(5-3-8)17(15,16)14-10-12-6-1-7-13-10/h1-10H;2*1-7H,11H2,(H,12,13,14)/b2-1+;;. The maximum atomic E-state index is 11.9. The van der Waals surface area contributed by atoms with Gasteiger partial charge in [-0.05, 0) is 96.1 Å². The van der Waals surface area contributed by atoms with Crippen LogP contribution in [0, 0.1) is 0 Å². The molecule has 6 aromatic rings. The van der Waals surface area contributed by atoms with E-state index >= 15 is 0 Å². The number of sulfonamides is 2. The van der Waals surface area contributed by atoms with E-state index in [1.54, 1.807) is 36.9 Å². The molecule has 0 aliphatic heterocycles. The van der Waals surface area contributed by atoms with Crippen LogP contribution in [0.15, 0.2) is 144 Å². The SMILES string of the molecule is C(=C\c1ccncc1)/c1ccncc1.Nc1ccc(S(=O)(=O)Nc2ncccn2)cc1.Nc1ccc(S(=O)(=O)Nc2ncccn2)cc1. The summed E-state index contributed by atoms with van der Waals surface area (Å²) in [7, 11) is -7.32. The van der Waals surface area contributed by atoms with Gasteiger partial charge < -0.3 is 11.5 Å². The third-order valence-corrected chi connectivity index (χ3v) is 8.53. The first-order valence-electron chi connectivity index (χ1n) is 13.9. The maximum Gasteiger partial charge on any atom is 0.264 e. The maximum absolute atomic E-state index is 11.9. The Morgan fingerprint density at radius 3 is 1.08 bits per heavy atom. The molecule has 4 heterocycles. The normalized spacial score (nSPS) is 10.9. The molecule has 0 amide bonds. The van der Waals surface area contributed by atoms with Gasteiger partial charge in [-0.25, -0.2) is 46.2 Å². The number of anilines is 4. The molecule has 48 heavy (non-hydrogen) atoms. The summed E-state index contributed by atoms with van der Waals surface area (Å²) in [6.45, 7) is 0. The zero-order valence-electron chi connectivity index (χ0n) is 25.1. The van der Waals surface area contributed by atoms with Gasteiger partial charge in [-0.15, -0.1) is 0 Å². The van der Waals surface area contributed by atoms with Gasteiger partial charge in [-0.3, -0.25) is 9.97 Å². The van der Waals surface area contributed by atoms with Crippen LogP contribution in [0.1, 0.15) is 11.1 Å². The van der Waals surface area contributed by atoms with Gasteiger partial charge in [-0.2, -0.15) is 0 Å². The van der Waals surface area contributed by atoms with E-state index in [4.69, 9.17) is 11.5 Å². The largest absolute Gasteiger partial charge is 0.399 e. The van der Waals surface area contributed by atoms with Gasteiger partial charge in [0.05, 0.1) is 9.79 Å². The summed E-state index contributed by atoms with van der Waals surface area (Å²) in [4.78, 5) is 23.3. The number of hydrogen-bond donors (Lipinski definition) is 4. The lowest BCUT2D eigenvalue weighted by Gasteiger charge is -2.05. The van der Waals surface area contributed by atoms with E-state index in [1.807, 2.05) is 24.3 Å². The molecule has 0 aliphatic rings. The van der Waals surface area contributed by atoms with Crippen LogP contribution < -0.4 is 20.9 Å². The van der Waals surface area contributed by atoms with Crippen LogP contribution in [0.4, 0.5) is 23.3 Å². The van der Waals surface area contributed by atoms with Crippen molar-refractivity contribution in [2.75, 3.05) is 20.9 Å². The van der Waals surface area contributed by atoms with Crippen molar-refractivity contribution in [3.63, 3.8) is 0 Å². The molecule has 16 heteroatoms. The average Bonchev–Trinajstić information content (AvgIpc) is 3.10. The Balaban J connectivity index is 0.000000163. The highest BCUT2D eigenvalue weighted by molar-refractivity contribution is 7.93. The smallest absolute Gasteiger partial charge is 0.264 e. The van der Waals surface area contributed by atoms with Gasteiger partial charge in [-0.1, -0.05) is 12.2 Å². The summed E-state index contributed by atoms with van der Waals surface area (Å²) in [6.07, 6.45) is 17.0. The highest BCUT2D eigenvalue weighted by Crippen LogP contribution is 2.15. The van der Waals surface area contributed by atoms with Crippen LogP contribution in [0.25, 0.3) is 12.2 Å². The number of benzene rings is 2. The summed E-state index contributed by atoms with van der Waals surface area (Å²) in [6, 6.07) is 22.8. The fraction of sp³-hybridized carbons (Fsp3) is 0. The number of hydrogen-bond acceptors (Lipinski definition) is 12. The molecule has 4 aromatic heterocycles. The molecule has 0 radical (unpaired) electrons. The number of nitrogens with one attached hydrogen (secondary N) is 2. The van der Waals surface area contributed by atoms with Gasteiger partial charge in [0.1, 0.15) is 0 Å². The topological polar surface area (TPSA) is 222 Å². The Kier molecular flexibility index (Phi) is 12.2. The van der Waals surface area contributed by atoms with E-state index in [0.717, 1.165) is 11.1 Å². The second kappa shape index (κ2) is 16.9. The molecule has 0 aliphatic carbocycles. The van der Waals surface area contributed by atoms with Crippen molar-refractivity contribution < 1.29 is 16.8 Å². The highest BCUT2D eigenvalue weighted by Gasteiger charge is 2.15. The molecule has 0 atom stereocenters. The van der Waals surface area contributed by atoms with Crippen LogP contribution in [0.3, 0.4) is 0 Å². The Bertz CT molecular complexity index is 1940. The van der Waals surface area contributed by atoms with Crippen LogP contribution in [0.2, 0.25) is 0 Å². The number of nitrogen functional groups attached to an aromatic ring is 2. The number of nitrogens with zero attached hydrogens (tertiary/aromatic N) is 6. The Morgan fingerprint density at radius 2 is 0.771 bits per heavy atom. The monoisotopic (exact) mass is 682 g/mol. The van der Waals surface area contributed by atoms with Crippen LogP contribution in [0.5, 0.6) is 0 Å². The molecular formula is C32H30N10O4S2. The molecule has 244 valence electrons. The summed E-state index contributed by atoms with van der Waals surface area (Å²) < 4.78 is 52.1. The summed E-state index contributed by atoms with van der Waals surface area (Å²) in [5.74, 6) is 0.0636. The predicted octanol–water partition coefficient (Wildman–Crippen LogP) is 4.37. The van der Waals surface area contributed by atoms with Crippen molar-refractivity contribution in [3.8, 4) is 0 Å². The van der Waals surface area contributed by atoms with Crippen LogP contribution in [-0.2, 0) is 20.0 Å². The molecule has 0 saturated carbocycles. The predicted molar refractivity (Wildman–Crippen MR) is 185 cm³/mol. The van der Waals surface area contributed by atoms with Crippen molar-refractivity contribution >= 4 is 55.5 Å². The number of aromatic nitrogens is 6. The Morgan fingerprint density at radius 1 is 0.458 bits per heavy atom. The number of rotatable bonds is 8. The van der Waals surface area contributed by atoms with E-state index in [0.29, 0.717) is 11.4 Å². The fourth-order valence-electron chi connectivity index (χ4n) is 3.50. The third-order valence-electron chi connectivity index (χ3n) is 5.84. The van der Waals surface area contributed by atoms with Gasteiger partial charge in [0.15, 0.2) is 0 Å². The number of nitrogens with two attached hydrogens (primary N) is 2. The Labute approximate surface area is 277 Å². The van der Waals surface area contributed by atoms with Gasteiger partial charge >= 0.3 is 0 Å². The number of pyridine rings is 2. The van der Waals surface area contributed by atoms with E-state index in [9.17, 15) is 16.8 Å². The molecular weight excluding hydrogens is 653 g/mol. The third kappa shape index (κ3) is 11.3. The first kappa shape index (κ1) is 34.6. The zero-order valence-corrected chi connectivity index (χ0v) is 26.8. The van der Waals surface area contributed by atoms with E-state index < -0.39 is 20.0 Å². The summed E-state index contributed by atoms with van der Waals surface area (Å²) in [5.41, 5.74) is 14.3. The van der Waals surface area contributed by atoms with Gasteiger partial charge in [0.25, 0.3) is 20.0 Å². The minimum atomic E-state index is -3.66. The van der Waals surface area contributed by atoms with Crippen molar-refractivity contribution in [1.29, 1.82) is 0 Å². The lowest BCUT2D eigenvalue weighted by Crippen LogP contribution is -2.14. The first-order valence-corrected chi connectivity index (χ1v) is 16.9. The molecule has 0 bridgehead atoms. The molecule has 0 unspecified atom stereocenters. The van der Waals surface area contributed by atoms with Crippen molar-refractivity contribution in [2.24, 2.45) is 0 Å². The lowest BCUT2D eigenvalue weighted by atomic mass is 10.2. The highest BCUT2D eigenvalue weighted by atomic mass is 32.2. The lowest BCUT2D eigenvalue weighted by molar-refractivity contribution is 0.599. The quantitative estimate of drug-likeness (QED) is 0.164. The summed E-state index contributed by atoms with van der Waals surface area (Å²) in [5, 5.41) is 0. The molecule has 6 rings (SSSR count). The second-order valence-corrected chi connectivity index (χ2v) is 12.8. The van der Waals surface area contributed by atoms with Crippen LogP contribution in [-0.4, -0.2) is 46.7 Å². The molecule has 6 N–H and O–H groups in total. The molecule has 0 spiro atoms. The molecule has 0 fully saturated rings. The molecule has 14 nitrogen and oxygen atoms in total. The fourth-order valence-corrected chi connectivity index (χ4v) is 5.41. The minimum Gasteiger partial charge on any atom is -0.399 e. The van der Waals surface area contributed by atoms with Crippen molar-refractivity contribution in [2.45, 2.75) is 9.79 Å². The van der Waals surface area contributed by atoms with E-state index in [-0.39, 0.29) is 21.7 Å². The molecule has 0 saturated heterocycles. The van der Waals surface area contributed by atoms with Crippen molar-refractivity contribution in [3.05, 3.63) is 146 Å². The van der Waals surface area contributed by atoms with E-state index in [2.05, 4.69) is 51.5 Å².